The lowest BCUT2D eigenvalue weighted by Gasteiger charge is -2.24. The van der Waals surface area contributed by atoms with Gasteiger partial charge in [-0.25, -0.2) is 4.98 Å². The van der Waals surface area contributed by atoms with Gasteiger partial charge in [0.2, 0.25) is 0 Å². The summed E-state index contributed by atoms with van der Waals surface area (Å²) in [6, 6.07) is 0. The van der Waals surface area contributed by atoms with Gasteiger partial charge in [0.05, 0.1) is 30.8 Å². The third-order valence-electron chi connectivity index (χ3n) is 1.95. The molecule has 54 valence electrons. The van der Waals surface area contributed by atoms with Gasteiger partial charge in [0, 0.05) is 6.42 Å². The van der Waals surface area contributed by atoms with Crippen LogP contribution in [0.25, 0.3) is 0 Å². The first-order valence-corrected chi connectivity index (χ1v) is 3.54. The van der Waals surface area contributed by atoms with E-state index in [1.807, 2.05) is 0 Å². The molecule has 1 aliphatic heterocycles. The Hall–Kier alpha value is -0.830. The van der Waals surface area contributed by atoms with Crippen molar-refractivity contribution in [3.63, 3.8) is 0 Å². The molecular weight excluding hydrogens is 126 g/mol. The topological polar surface area (TPSA) is 33.1 Å². The van der Waals surface area contributed by atoms with Crippen LogP contribution in [-0.2, 0) is 13.0 Å². The van der Waals surface area contributed by atoms with E-state index in [0.29, 0.717) is 0 Å². The molecule has 0 amide bonds. The minimum Gasteiger partial charge on any atom is -0.462 e. The Morgan fingerprint density at radius 2 is 2.60 bits per heavy atom. The summed E-state index contributed by atoms with van der Waals surface area (Å²) in [5.41, 5.74) is 2.49. The van der Waals surface area contributed by atoms with Gasteiger partial charge in [-0.3, -0.25) is 0 Å². The minimum atomic E-state index is 0.995. The molecule has 1 atom stereocenters. The maximum atomic E-state index is 4.19. The molecule has 10 heavy (non-hydrogen) atoms. The zero-order valence-corrected chi connectivity index (χ0v) is 5.85. The van der Waals surface area contributed by atoms with Crippen molar-refractivity contribution in [2.75, 3.05) is 6.54 Å². The van der Waals surface area contributed by atoms with Crippen LogP contribution in [0.15, 0.2) is 6.33 Å². The first-order chi connectivity index (χ1) is 4.86. The number of imidazole rings is 1. The van der Waals surface area contributed by atoms with E-state index in [2.05, 4.69) is 17.0 Å². The lowest BCUT2D eigenvalue weighted by Crippen LogP contribution is -3.06. The number of hydrogen-bond donors (Lipinski definition) is 2. The highest BCUT2D eigenvalue weighted by Crippen LogP contribution is 2.03. The highest BCUT2D eigenvalue weighted by Gasteiger charge is 2.14. The molecule has 2 heterocycles. The van der Waals surface area contributed by atoms with Crippen LogP contribution in [0.2, 0.25) is 0 Å². The predicted octanol–water partition coefficient (Wildman–Crippen LogP) is -0.858. The van der Waals surface area contributed by atoms with Crippen molar-refractivity contribution in [3.8, 4) is 0 Å². The fraction of sp³-hybridized carbons (Fsp3) is 0.429. The molecule has 0 aromatic carbocycles. The maximum absolute atomic E-state index is 4.19. The number of hydrogen-bond acceptors (Lipinski definition) is 1. The lowest BCUT2D eigenvalue weighted by atomic mass is 10.2. The molecule has 1 aromatic rings. The van der Waals surface area contributed by atoms with Crippen LogP contribution < -0.4 is 4.90 Å². The molecule has 0 radical (unpaired) electrons. The molecule has 3 nitrogen and oxygen atoms in total. The molecule has 0 saturated heterocycles. The summed E-state index contributed by atoms with van der Waals surface area (Å²) in [5, 5.41) is 0. The van der Waals surface area contributed by atoms with E-state index in [4.69, 9.17) is 0 Å². The summed E-state index contributed by atoms with van der Waals surface area (Å²) < 4.78 is 0. The van der Waals surface area contributed by atoms with Crippen LogP contribution in [0.4, 0.5) is 0 Å². The van der Waals surface area contributed by atoms with Crippen molar-refractivity contribution in [1.29, 1.82) is 0 Å². The van der Waals surface area contributed by atoms with Crippen molar-refractivity contribution >= 4 is 0 Å². The Morgan fingerprint density at radius 1 is 1.70 bits per heavy atom. The standard InChI is InChI=1S/C7H11N3/c1-10-3-2-6-7(4-10)9-5-8-6/h5,10H,1-4H2,(H,8,9). The van der Waals surface area contributed by atoms with Gasteiger partial charge in [-0.15, -0.1) is 0 Å². The second-order valence-corrected chi connectivity index (χ2v) is 2.75. The molecule has 2 rings (SSSR count). The van der Waals surface area contributed by atoms with E-state index in [0.717, 1.165) is 19.5 Å². The van der Waals surface area contributed by atoms with E-state index in [1.165, 1.54) is 16.3 Å². The van der Waals surface area contributed by atoms with Gasteiger partial charge in [-0.2, -0.15) is 7.05 Å². The van der Waals surface area contributed by atoms with Gasteiger partial charge in [-0.05, 0) is 0 Å². The zero-order chi connectivity index (χ0) is 6.97. The summed E-state index contributed by atoms with van der Waals surface area (Å²) >= 11 is 0. The molecule has 0 spiro atoms. The van der Waals surface area contributed by atoms with Crippen molar-refractivity contribution < 1.29 is 4.90 Å². The second-order valence-electron chi connectivity index (χ2n) is 2.75. The molecule has 3 heteroatoms. The van der Waals surface area contributed by atoms with Gasteiger partial charge in [0.15, 0.2) is 0 Å². The lowest BCUT2D eigenvalue weighted by molar-refractivity contribution is -0.870. The number of quaternary nitrogens is 1. The molecule has 1 unspecified atom stereocenters. The smallest absolute Gasteiger partial charge is 0.0958 e. The number of nitrogens with zero attached hydrogens (tertiary/aromatic N) is 1. The Kier molecular flexibility index (Phi) is 1.24. The SMILES string of the molecule is [CH2-][NH+]1CCc2nc[nH]c2C1. The molecule has 1 aromatic heterocycles. The highest BCUT2D eigenvalue weighted by molar-refractivity contribution is 5.11. The molecule has 2 N–H and O–H groups in total. The quantitative estimate of drug-likeness (QED) is 0.448. The van der Waals surface area contributed by atoms with Crippen LogP contribution >= 0.6 is 0 Å². The Morgan fingerprint density at radius 3 is 3.50 bits per heavy atom. The highest BCUT2D eigenvalue weighted by atomic mass is 15.1. The fourth-order valence-electron chi connectivity index (χ4n) is 1.35. The van der Waals surface area contributed by atoms with Crippen molar-refractivity contribution in [2.45, 2.75) is 13.0 Å². The average Bonchev–Trinajstić information content (AvgIpc) is 2.33. The van der Waals surface area contributed by atoms with E-state index < -0.39 is 0 Å². The van der Waals surface area contributed by atoms with Crippen LogP contribution in [0.1, 0.15) is 11.4 Å². The van der Waals surface area contributed by atoms with E-state index in [-0.39, 0.29) is 0 Å². The number of H-pyrrole nitrogens is 1. The Balaban J connectivity index is 2.30. The Labute approximate surface area is 60.1 Å². The summed E-state index contributed by atoms with van der Waals surface area (Å²) in [6.45, 7) is 2.10. The van der Waals surface area contributed by atoms with Gasteiger partial charge >= 0.3 is 0 Å². The summed E-state index contributed by atoms with van der Waals surface area (Å²) in [7, 11) is 3.94. The molecular formula is C7H11N3. The van der Waals surface area contributed by atoms with Gasteiger partial charge in [0.1, 0.15) is 0 Å². The van der Waals surface area contributed by atoms with Crippen molar-refractivity contribution in [2.24, 2.45) is 0 Å². The van der Waals surface area contributed by atoms with Crippen LogP contribution in [0, 0.1) is 7.05 Å². The number of fused-ring (bicyclic) bond motifs is 1. The zero-order valence-electron chi connectivity index (χ0n) is 5.85. The van der Waals surface area contributed by atoms with Crippen LogP contribution in [0.3, 0.4) is 0 Å². The van der Waals surface area contributed by atoms with E-state index >= 15 is 0 Å². The number of aromatic nitrogens is 2. The van der Waals surface area contributed by atoms with E-state index in [1.54, 1.807) is 6.33 Å². The molecule has 0 aliphatic carbocycles. The van der Waals surface area contributed by atoms with Crippen LogP contribution in [-0.4, -0.2) is 16.5 Å². The molecule has 0 saturated carbocycles. The number of aromatic amines is 1. The van der Waals surface area contributed by atoms with Crippen LogP contribution in [0.5, 0.6) is 0 Å². The third kappa shape index (κ3) is 0.827. The minimum absolute atomic E-state index is 0.995. The maximum Gasteiger partial charge on any atom is 0.0958 e. The van der Waals surface area contributed by atoms with Gasteiger partial charge in [-0.1, -0.05) is 0 Å². The van der Waals surface area contributed by atoms with Gasteiger partial charge in [0.25, 0.3) is 0 Å². The molecule has 0 fully saturated rings. The van der Waals surface area contributed by atoms with E-state index in [9.17, 15) is 0 Å². The largest absolute Gasteiger partial charge is 0.462 e. The summed E-state index contributed by atoms with van der Waals surface area (Å²) in [4.78, 5) is 8.63. The first-order valence-electron chi connectivity index (χ1n) is 3.54. The van der Waals surface area contributed by atoms with Gasteiger partial charge < -0.3 is 9.88 Å². The Bertz CT molecular complexity index is 229. The predicted molar refractivity (Wildman–Crippen MR) is 37.2 cm³/mol. The summed E-state index contributed by atoms with van der Waals surface area (Å²) in [6.07, 6.45) is 2.83. The third-order valence-corrected chi connectivity index (χ3v) is 1.95. The number of nitrogens with one attached hydrogen (secondary N) is 2. The second kappa shape index (κ2) is 2.09. The average molecular weight is 137 g/mol. The summed E-state index contributed by atoms with van der Waals surface area (Å²) in [5.74, 6) is 0. The first kappa shape index (κ1) is 5.92. The molecule has 1 aliphatic rings. The number of rotatable bonds is 0. The molecule has 0 bridgehead atoms. The monoisotopic (exact) mass is 137 g/mol. The normalized spacial score (nSPS) is 24.3. The fourth-order valence-corrected chi connectivity index (χ4v) is 1.35. The van der Waals surface area contributed by atoms with Crippen molar-refractivity contribution in [3.05, 3.63) is 24.8 Å². The van der Waals surface area contributed by atoms with Crippen molar-refractivity contribution in [1.82, 2.24) is 9.97 Å².